The zero-order valence-corrected chi connectivity index (χ0v) is 15.1. The van der Waals surface area contributed by atoms with Gasteiger partial charge in [-0.1, -0.05) is 53.6 Å². The summed E-state index contributed by atoms with van der Waals surface area (Å²) in [7, 11) is 0. The third-order valence-corrected chi connectivity index (χ3v) is 5.97. The standard InChI is InChI=1S/C22H23ClFN/c23-22-4-2-1-3-21(22)18-7-10-20-14-17(11-12-25(20)15-18)13-16-5-8-19(24)9-6-16/h1-6,8-9,13,18,20H,7,10-12,14-15H2/b17-13+/t18-,20+/m1/s1. The number of fused-ring (bicyclic) bond motifs is 1. The number of piperidine rings is 2. The molecule has 0 aromatic heterocycles. The van der Waals surface area contributed by atoms with Crippen LogP contribution in [0.3, 0.4) is 0 Å². The van der Waals surface area contributed by atoms with Gasteiger partial charge in [0.1, 0.15) is 5.82 Å². The molecule has 0 amide bonds. The third kappa shape index (κ3) is 3.80. The Bertz CT molecular complexity index is 768. The predicted octanol–water partition coefficient (Wildman–Crippen LogP) is 5.90. The minimum Gasteiger partial charge on any atom is -0.299 e. The molecule has 2 atom stereocenters. The molecule has 130 valence electrons. The van der Waals surface area contributed by atoms with Crippen molar-refractivity contribution in [2.24, 2.45) is 0 Å². The van der Waals surface area contributed by atoms with E-state index in [1.54, 1.807) is 0 Å². The van der Waals surface area contributed by atoms with Crippen molar-refractivity contribution in [3.05, 3.63) is 76.1 Å². The van der Waals surface area contributed by atoms with Crippen molar-refractivity contribution >= 4 is 17.7 Å². The van der Waals surface area contributed by atoms with Crippen molar-refractivity contribution in [2.75, 3.05) is 13.1 Å². The Balaban J connectivity index is 1.43. The van der Waals surface area contributed by atoms with Crippen LogP contribution in [0.5, 0.6) is 0 Å². The molecule has 0 unspecified atom stereocenters. The highest BCUT2D eigenvalue weighted by atomic mass is 35.5. The van der Waals surface area contributed by atoms with Crippen LogP contribution in [-0.2, 0) is 0 Å². The zero-order chi connectivity index (χ0) is 17.2. The monoisotopic (exact) mass is 355 g/mol. The first-order valence-corrected chi connectivity index (χ1v) is 9.50. The third-order valence-electron chi connectivity index (χ3n) is 5.62. The summed E-state index contributed by atoms with van der Waals surface area (Å²) in [6, 6.07) is 15.7. The maximum atomic E-state index is 13.1. The highest BCUT2D eigenvalue weighted by Gasteiger charge is 2.32. The molecule has 0 radical (unpaired) electrons. The summed E-state index contributed by atoms with van der Waals surface area (Å²) in [5.74, 6) is 0.377. The molecule has 2 aliphatic heterocycles. The van der Waals surface area contributed by atoms with Gasteiger partial charge in [-0.05, 0) is 60.9 Å². The molecule has 1 nitrogen and oxygen atoms in total. The van der Waals surface area contributed by atoms with Crippen LogP contribution < -0.4 is 0 Å². The van der Waals surface area contributed by atoms with E-state index in [1.807, 2.05) is 24.3 Å². The van der Waals surface area contributed by atoms with Gasteiger partial charge in [-0.3, -0.25) is 4.90 Å². The topological polar surface area (TPSA) is 3.24 Å². The van der Waals surface area contributed by atoms with Gasteiger partial charge in [0.2, 0.25) is 0 Å². The molecule has 2 aliphatic rings. The summed E-state index contributed by atoms with van der Waals surface area (Å²) >= 11 is 6.40. The fourth-order valence-electron chi connectivity index (χ4n) is 4.28. The SMILES string of the molecule is Fc1ccc(/C=C2\CCN3C[C@H](c4ccccc4Cl)CC[C@H]3C2)cc1. The Morgan fingerprint density at radius 2 is 1.84 bits per heavy atom. The second kappa shape index (κ2) is 7.31. The average Bonchev–Trinajstić information content (AvgIpc) is 2.64. The summed E-state index contributed by atoms with van der Waals surface area (Å²) in [6.07, 6.45) is 6.90. The molecule has 2 saturated heterocycles. The second-order valence-corrected chi connectivity index (χ2v) is 7.66. The van der Waals surface area contributed by atoms with E-state index < -0.39 is 0 Å². The largest absolute Gasteiger partial charge is 0.299 e. The van der Waals surface area contributed by atoms with Gasteiger partial charge in [-0.15, -0.1) is 0 Å². The van der Waals surface area contributed by atoms with Crippen LogP contribution in [0.4, 0.5) is 4.39 Å². The van der Waals surface area contributed by atoms with Crippen molar-refractivity contribution in [1.29, 1.82) is 0 Å². The van der Waals surface area contributed by atoms with Crippen LogP contribution in [-0.4, -0.2) is 24.0 Å². The molecule has 0 bridgehead atoms. The van der Waals surface area contributed by atoms with Crippen molar-refractivity contribution in [3.63, 3.8) is 0 Å². The van der Waals surface area contributed by atoms with Gasteiger partial charge in [0, 0.05) is 24.2 Å². The van der Waals surface area contributed by atoms with Gasteiger partial charge in [0.25, 0.3) is 0 Å². The van der Waals surface area contributed by atoms with Crippen LogP contribution >= 0.6 is 11.6 Å². The molecule has 2 aromatic carbocycles. The lowest BCUT2D eigenvalue weighted by molar-refractivity contribution is 0.116. The molecule has 4 rings (SSSR count). The smallest absolute Gasteiger partial charge is 0.123 e. The van der Waals surface area contributed by atoms with E-state index in [2.05, 4.69) is 23.1 Å². The molecule has 0 saturated carbocycles. The maximum Gasteiger partial charge on any atom is 0.123 e. The van der Waals surface area contributed by atoms with Crippen LogP contribution in [0.15, 0.2) is 54.1 Å². The van der Waals surface area contributed by atoms with E-state index in [1.165, 1.54) is 36.1 Å². The lowest BCUT2D eigenvalue weighted by Gasteiger charge is -2.43. The summed E-state index contributed by atoms with van der Waals surface area (Å²) in [5.41, 5.74) is 3.90. The van der Waals surface area contributed by atoms with Gasteiger partial charge in [-0.25, -0.2) is 4.39 Å². The molecule has 2 heterocycles. The highest BCUT2D eigenvalue weighted by molar-refractivity contribution is 6.31. The zero-order valence-electron chi connectivity index (χ0n) is 14.3. The van der Waals surface area contributed by atoms with Crippen molar-refractivity contribution in [2.45, 2.75) is 37.6 Å². The fraction of sp³-hybridized carbons (Fsp3) is 0.364. The molecular weight excluding hydrogens is 333 g/mol. The molecule has 0 N–H and O–H groups in total. The Kier molecular flexibility index (Phi) is 4.91. The Morgan fingerprint density at radius 3 is 2.64 bits per heavy atom. The Hall–Kier alpha value is -1.64. The average molecular weight is 356 g/mol. The van der Waals surface area contributed by atoms with E-state index in [0.717, 1.165) is 36.5 Å². The number of rotatable bonds is 2. The number of benzene rings is 2. The summed E-state index contributed by atoms with van der Waals surface area (Å²) < 4.78 is 13.1. The van der Waals surface area contributed by atoms with Crippen LogP contribution in [0.1, 0.15) is 42.7 Å². The number of nitrogens with zero attached hydrogens (tertiary/aromatic N) is 1. The summed E-state index contributed by atoms with van der Waals surface area (Å²) in [6.45, 7) is 2.22. The summed E-state index contributed by atoms with van der Waals surface area (Å²) in [4.78, 5) is 2.64. The molecule has 3 heteroatoms. The number of halogens is 2. The van der Waals surface area contributed by atoms with Crippen LogP contribution in [0.2, 0.25) is 5.02 Å². The highest BCUT2D eigenvalue weighted by Crippen LogP contribution is 2.38. The van der Waals surface area contributed by atoms with Gasteiger partial charge in [-0.2, -0.15) is 0 Å². The quantitative estimate of drug-likeness (QED) is 0.647. The van der Waals surface area contributed by atoms with E-state index in [9.17, 15) is 4.39 Å². The first-order valence-electron chi connectivity index (χ1n) is 9.12. The molecule has 0 aliphatic carbocycles. The van der Waals surface area contributed by atoms with Crippen molar-refractivity contribution in [3.8, 4) is 0 Å². The van der Waals surface area contributed by atoms with E-state index in [-0.39, 0.29) is 5.82 Å². The summed E-state index contributed by atoms with van der Waals surface area (Å²) in [5, 5.41) is 0.903. The minimum absolute atomic E-state index is 0.171. The fourth-order valence-corrected chi connectivity index (χ4v) is 4.57. The van der Waals surface area contributed by atoms with E-state index >= 15 is 0 Å². The lowest BCUT2D eigenvalue weighted by atomic mass is 9.82. The predicted molar refractivity (Wildman–Crippen MR) is 102 cm³/mol. The number of hydrogen-bond acceptors (Lipinski definition) is 1. The van der Waals surface area contributed by atoms with Crippen LogP contribution in [0, 0.1) is 5.82 Å². The second-order valence-electron chi connectivity index (χ2n) is 7.25. The van der Waals surface area contributed by atoms with E-state index in [0.29, 0.717) is 12.0 Å². The lowest BCUT2D eigenvalue weighted by Crippen LogP contribution is -2.46. The normalized spacial score (nSPS) is 25.8. The van der Waals surface area contributed by atoms with Crippen molar-refractivity contribution < 1.29 is 4.39 Å². The van der Waals surface area contributed by atoms with Gasteiger partial charge in [0.05, 0.1) is 0 Å². The number of hydrogen-bond donors (Lipinski definition) is 0. The molecule has 25 heavy (non-hydrogen) atoms. The molecule has 2 aromatic rings. The Morgan fingerprint density at radius 1 is 1.04 bits per heavy atom. The van der Waals surface area contributed by atoms with Gasteiger partial charge >= 0.3 is 0 Å². The molecule has 0 spiro atoms. The first kappa shape index (κ1) is 16.8. The van der Waals surface area contributed by atoms with Crippen molar-refractivity contribution in [1.82, 2.24) is 4.90 Å². The Labute approximate surface area is 154 Å². The minimum atomic E-state index is -0.171. The van der Waals surface area contributed by atoms with Gasteiger partial charge < -0.3 is 0 Å². The van der Waals surface area contributed by atoms with E-state index in [4.69, 9.17) is 11.6 Å². The van der Waals surface area contributed by atoms with Gasteiger partial charge in [0.15, 0.2) is 0 Å². The molecule has 2 fully saturated rings. The maximum absolute atomic E-state index is 13.1. The molecular formula is C22H23ClFN. The first-order chi connectivity index (χ1) is 12.2. The van der Waals surface area contributed by atoms with Crippen LogP contribution in [0.25, 0.3) is 6.08 Å².